The normalized spacial score (nSPS) is 20.7. The van der Waals surface area contributed by atoms with E-state index in [0.717, 1.165) is 22.1 Å². The summed E-state index contributed by atoms with van der Waals surface area (Å²) in [5.41, 5.74) is 2.13. The van der Waals surface area contributed by atoms with Gasteiger partial charge in [-0.05, 0) is 37.0 Å². The number of nitrogens with zero attached hydrogens (tertiary/aromatic N) is 1. The second-order valence-electron chi connectivity index (χ2n) is 5.08. The number of hydrogen-bond donors (Lipinski definition) is 1. The molecule has 1 saturated carbocycles. The zero-order valence-corrected chi connectivity index (χ0v) is 12.7. The van der Waals surface area contributed by atoms with E-state index in [4.69, 9.17) is 11.6 Å². The fourth-order valence-corrected chi connectivity index (χ4v) is 3.10. The van der Waals surface area contributed by atoms with Crippen molar-refractivity contribution in [1.82, 2.24) is 10.3 Å². The van der Waals surface area contributed by atoms with Gasteiger partial charge in [-0.3, -0.25) is 4.79 Å². The van der Waals surface area contributed by atoms with Crippen LogP contribution in [0.1, 0.15) is 28.6 Å². The maximum atomic E-state index is 12.1. The molecule has 1 aromatic carbocycles. The van der Waals surface area contributed by atoms with E-state index in [-0.39, 0.29) is 11.8 Å². The van der Waals surface area contributed by atoms with E-state index in [1.807, 2.05) is 36.6 Å². The lowest BCUT2D eigenvalue weighted by Gasteiger charge is -2.03. The van der Waals surface area contributed by atoms with Crippen molar-refractivity contribution in [2.24, 2.45) is 5.92 Å². The number of carbonyl (C=O) groups excluding carboxylic acids is 1. The van der Waals surface area contributed by atoms with E-state index in [0.29, 0.717) is 12.5 Å². The average molecular weight is 307 g/mol. The summed E-state index contributed by atoms with van der Waals surface area (Å²) in [6.07, 6.45) is 0.920. The van der Waals surface area contributed by atoms with E-state index < -0.39 is 0 Å². The summed E-state index contributed by atoms with van der Waals surface area (Å²) >= 11 is 7.47. The molecule has 2 atom stereocenters. The van der Waals surface area contributed by atoms with Crippen LogP contribution < -0.4 is 5.32 Å². The van der Waals surface area contributed by atoms with Crippen LogP contribution in [-0.2, 0) is 11.3 Å². The number of carbonyl (C=O) groups is 1. The molecule has 0 aliphatic heterocycles. The fraction of sp³-hybridized carbons (Fsp3) is 0.333. The van der Waals surface area contributed by atoms with Gasteiger partial charge in [-0.15, -0.1) is 11.3 Å². The highest BCUT2D eigenvalue weighted by Gasteiger charge is 2.43. The summed E-state index contributed by atoms with van der Waals surface area (Å²) in [6.45, 7) is 2.49. The molecule has 1 aromatic heterocycles. The molecule has 0 unspecified atom stereocenters. The lowest BCUT2D eigenvalue weighted by molar-refractivity contribution is -0.122. The molecule has 104 valence electrons. The summed E-state index contributed by atoms with van der Waals surface area (Å²) < 4.78 is 0. The van der Waals surface area contributed by atoms with Crippen LogP contribution in [0.2, 0.25) is 5.02 Å². The minimum Gasteiger partial charge on any atom is -0.350 e. The lowest BCUT2D eigenvalue weighted by atomic mass is 10.1. The topological polar surface area (TPSA) is 42.0 Å². The van der Waals surface area contributed by atoms with Gasteiger partial charge in [0.2, 0.25) is 5.91 Å². The highest BCUT2D eigenvalue weighted by molar-refractivity contribution is 7.09. The van der Waals surface area contributed by atoms with Crippen LogP contribution in [0.15, 0.2) is 29.6 Å². The van der Waals surface area contributed by atoms with Crippen LogP contribution in [-0.4, -0.2) is 10.9 Å². The van der Waals surface area contributed by atoms with Gasteiger partial charge >= 0.3 is 0 Å². The zero-order chi connectivity index (χ0) is 14.1. The smallest absolute Gasteiger partial charge is 0.224 e. The number of aromatic nitrogens is 1. The Morgan fingerprint density at radius 2 is 2.20 bits per heavy atom. The standard InChI is InChI=1S/C15H15ClN2OS/c1-9-18-12(8-20-9)7-17-15(19)14-6-13(14)10-2-4-11(16)5-3-10/h2-5,8,13-14H,6-7H2,1H3,(H,17,19)/t13-,14-/m0/s1. The molecule has 3 rings (SSSR count). The SMILES string of the molecule is Cc1nc(CNC(=O)[C@H]2C[C@H]2c2ccc(Cl)cc2)cs1. The van der Waals surface area contributed by atoms with Gasteiger partial charge in [0.15, 0.2) is 0 Å². The Bertz CT molecular complexity index is 623. The third kappa shape index (κ3) is 3.02. The molecule has 1 aliphatic carbocycles. The number of hydrogen-bond acceptors (Lipinski definition) is 3. The van der Waals surface area contributed by atoms with Crippen molar-refractivity contribution in [2.75, 3.05) is 0 Å². The Morgan fingerprint density at radius 1 is 1.45 bits per heavy atom. The van der Waals surface area contributed by atoms with Crippen molar-refractivity contribution < 1.29 is 4.79 Å². The van der Waals surface area contributed by atoms with Crippen molar-refractivity contribution in [3.8, 4) is 0 Å². The molecule has 2 aromatic rings. The van der Waals surface area contributed by atoms with E-state index in [1.165, 1.54) is 5.56 Å². The van der Waals surface area contributed by atoms with Crippen LogP contribution >= 0.6 is 22.9 Å². The molecule has 1 N–H and O–H groups in total. The molecule has 1 amide bonds. The van der Waals surface area contributed by atoms with E-state index in [1.54, 1.807) is 11.3 Å². The predicted molar refractivity (Wildman–Crippen MR) is 81.0 cm³/mol. The van der Waals surface area contributed by atoms with E-state index >= 15 is 0 Å². The van der Waals surface area contributed by atoms with Crippen molar-refractivity contribution in [1.29, 1.82) is 0 Å². The Morgan fingerprint density at radius 3 is 2.85 bits per heavy atom. The summed E-state index contributed by atoms with van der Waals surface area (Å²) in [7, 11) is 0. The van der Waals surface area contributed by atoms with Gasteiger partial charge in [0.25, 0.3) is 0 Å². The number of aryl methyl sites for hydroxylation is 1. The molecule has 5 heteroatoms. The molecular formula is C15H15ClN2OS. The molecule has 0 bridgehead atoms. The van der Waals surface area contributed by atoms with Crippen LogP contribution in [0.5, 0.6) is 0 Å². The summed E-state index contributed by atoms with van der Waals surface area (Å²) in [5.74, 6) is 0.552. The molecule has 1 aliphatic rings. The maximum Gasteiger partial charge on any atom is 0.224 e. The third-order valence-corrected chi connectivity index (χ3v) is 4.61. The first-order chi connectivity index (χ1) is 9.63. The number of amides is 1. The Labute approximate surface area is 127 Å². The van der Waals surface area contributed by atoms with Crippen LogP contribution in [0.25, 0.3) is 0 Å². The number of benzene rings is 1. The highest BCUT2D eigenvalue weighted by Crippen LogP contribution is 2.47. The van der Waals surface area contributed by atoms with Gasteiger partial charge in [0, 0.05) is 16.3 Å². The second-order valence-corrected chi connectivity index (χ2v) is 6.57. The molecule has 20 heavy (non-hydrogen) atoms. The van der Waals surface area contributed by atoms with Crippen LogP contribution in [0, 0.1) is 12.8 Å². The van der Waals surface area contributed by atoms with Crippen LogP contribution in [0.4, 0.5) is 0 Å². The quantitative estimate of drug-likeness (QED) is 0.939. The van der Waals surface area contributed by atoms with Crippen molar-refractivity contribution in [3.63, 3.8) is 0 Å². The molecule has 0 radical (unpaired) electrons. The zero-order valence-electron chi connectivity index (χ0n) is 11.1. The van der Waals surface area contributed by atoms with Gasteiger partial charge < -0.3 is 5.32 Å². The number of halogens is 1. The average Bonchev–Trinajstić information content (AvgIpc) is 3.13. The molecule has 0 spiro atoms. The van der Waals surface area contributed by atoms with E-state index in [9.17, 15) is 4.79 Å². The van der Waals surface area contributed by atoms with Gasteiger partial charge in [-0.2, -0.15) is 0 Å². The van der Waals surface area contributed by atoms with Crippen molar-refractivity contribution >= 4 is 28.8 Å². The maximum absolute atomic E-state index is 12.1. The minimum absolute atomic E-state index is 0.0934. The second kappa shape index (κ2) is 5.54. The van der Waals surface area contributed by atoms with Crippen LogP contribution in [0.3, 0.4) is 0 Å². The number of thiazole rings is 1. The Balaban J connectivity index is 1.53. The first-order valence-electron chi connectivity index (χ1n) is 6.57. The Kier molecular flexibility index (Phi) is 3.76. The van der Waals surface area contributed by atoms with Crippen molar-refractivity contribution in [2.45, 2.75) is 25.8 Å². The van der Waals surface area contributed by atoms with Gasteiger partial charge in [0.05, 0.1) is 17.2 Å². The Hall–Kier alpha value is -1.39. The lowest BCUT2D eigenvalue weighted by Crippen LogP contribution is -2.25. The highest BCUT2D eigenvalue weighted by atomic mass is 35.5. The number of rotatable bonds is 4. The van der Waals surface area contributed by atoms with Gasteiger partial charge in [-0.1, -0.05) is 23.7 Å². The van der Waals surface area contributed by atoms with Gasteiger partial charge in [0.1, 0.15) is 0 Å². The third-order valence-electron chi connectivity index (χ3n) is 3.54. The fourth-order valence-electron chi connectivity index (χ4n) is 2.36. The molecule has 1 fully saturated rings. The van der Waals surface area contributed by atoms with Crippen molar-refractivity contribution in [3.05, 3.63) is 50.9 Å². The van der Waals surface area contributed by atoms with E-state index in [2.05, 4.69) is 10.3 Å². The molecule has 0 saturated heterocycles. The number of nitrogens with one attached hydrogen (secondary N) is 1. The molecule has 1 heterocycles. The predicted octanol–water partition coefficient (Wildman–Crippen LogP) is 3.52. The minimum atomic E-state index is 0.0934. The summed E-state index contributed by atoms with van der Waals surface area (Å²) in [4.78, 5) is 16.4. The largest absolute Gasteiger partial charge is 0.350 e. The molecule has 3 nitrogen and oxygen atoms in total. The first-order valence-corrected chi connectivity index (χ1v) is 7.83. The summed E-state index contributed by atoms with van der Waals surface area (Å²) in [6, 6.07) is 7.76. The monoisotopic (exact) mass is 306 g/mol. The first kappa shape index (κ1) is 13.6. The van der Waals surface area contributed by atoms with Gasteiger partial charge in [-0.25, -0.2) is 4.98 Å². The summed E-state index contributed by atoms with van der Waals surface area (Å²) in [5, 5.41) is 6.71. The molecular weight excluding hydrogens is 292 g/mol.